The molecule has 0 saturated carbocycles. The summed E-state index contributed by atoms with van der Waals surface area (Å²) in [5, 5.41) is 5.58. The van der Waals surface area contributed by atoms with E-state index < -0.39 is 17.6 Å². The zero-order chi connectivity index (χ0) is 25.7. The van der Waals surface area contributed by atoms with E-state index in [9.17, 15) is 18.0 Å². The van der Waals surface area contributed by atoms with Crippen molar-refractivity contribution in [1.82, 2.24) is 15.3 Å². The summed E-state index contributed by atoms with van der Waals surface area (Å²) in [5.41, 5.74) is 1.73. The van der Waals surface area contributed by atoms with E-state index in [1.165, 1.54) is 18.5 Å². The molecule has 1 aliphatic rings. The summed E-state index contributed by atoms with van der Waals surface area (Å²) in [7, 11) is 1.58. The van der Waals surface area contributed by atoms with E-state index in [4.69, 9.17) is 0 Å². The lowest BCUT2D eigenvalue weighted by molar-refractivity contribution is -0.137. The fourth-order valence-corrected chi connectivity index (χ4v) is 4.34. The number of nitrogens with zero attached hydrogens (tertiary/aromatic N) is 3. The van der Waals surface area contributed by atoms with Crippen LogP contribution in [-0.4, -0.2) is 29.5 Å². The molecule has 2 N–H and O–H groups in total. The standard InChI is InChI=1S/C26H27F4N5O/c1-31-22(36)14-17-5-7-18(8-6-17)15-32-24-23(27)25(34-16-33-24)35-13-3-2-4-21(35)19-9-11-20(12-10-19)26(28,29)30/h5-12,16,21H,2-4,13-15H2,1H3,(H,31,36)(H,32,33,34). The van der Waals surface area contributed by atoms with Gasteiger partial charge in [0.1, 0.15) is 6.33 Å². The van der Waals surface area contributed by atoms with Crippen LogP contribution in [0.4, 0.5) is 29.2 Å². The van der Waals surface area contributed by atoms with Crippen LogP contribution in [0.1, 0.15) is 47.6 Å². The van der Waals surface area contributed by atoms with Crippen molar-refractivity contribution in [3.05, 3.63) is 82.9 Å². The van der Waals surface area contributed by atoms with Crippen LogP contribution in [-0.2, 0) is 23.9 Å². The molecule has 2 aromatic carbocycles. The first-order valence-electron chi connectivity index (χ1n) is 11.7. The molecule has 1 aromatic heterocycles. The number of aromatic nitrogens is 2. The maximum absolute atomic E-state index is 15.5. The Kier molecular flexibility index (Phi) is 7.71. The molecule has 3 aromatic rings. The van der Waals surface area contributed by atoms with Gasteiger partial charge in [-0.2, -0.15) is 17.6 Å². The number of benzene rings is 2. The van der Waals surface area contributed by atoms with Crippen LogP contribution in [0.3, 0.4) is 0 Å². The van der Waals surface area contributed by atoms with Crippen LogP contribution in [0.2, 0.25) is 0 Å². The fraction of sp³-hybridized carbons (Fsp3) is 0.346. The molecule has 0 aliphatic carbocycles. The molecule has 6 nitrogen and oxygen atoms in total. The summed E-state index contributed by atoms with van der Waals surface area (Å²) in [5.74, 6) is -0.513. The molecule has 1 fully saturated rings. The zero-order valence-electron chi connectivity index (χ0n) is 19.8. The van der Waals surface area contributed by atoms with Gasteiger partial charge in [0.05, 0.1) is 18.0 Å². The quantitative estimate of drug-likeness (QED) is 0.432. The lowest BCUT2D eigenvalue weighted by Crippen LogP contribution is -2.35. The second-order valence-corrected chi connectivity index (χ2v) is 8.70. The number of rotatable bonds is 7. The second kappa shape index (κ2) is 10.9. The minimum Gasteiger partial charge on any atom is -0.363 e. The molecule has 1 unspecified atom stereocenters. The molecule has 4 rings (SSSR count). The van der Waals surface area contributed by atoms with Crippen molar-refractivity contribution in [1.29, 1.82) is 0 Å². The molecule has 190 valence electrons. The summed E-state index contributed by atoms with van der Waals surface area (Å²) in [6.07, 6.45) is -0.453. The van der Waals surface area contributed by atoms with Gasteiger partial charge in [-0.15, -0.1) is 0 Å². The molecule has 10 heteroatoms. The van der Waals surface area contributed by atoms with E-state index in [-0.39, 0.29) is 30.0 Å². The van der Waals surface area contributed by atoms with Gasteiger partial charge in [-0.25, -0.2) is 9.97 Å². The van der Waals surface area contributed by atoms with Crippen molar-refractivity contribution in [3.8, 4) is 0 Å². The van der Waals surface area contributed by atoms with Crippen molar-refractivity contribution < 1.29 is 22.4 Å². The van der Waals surface area contributed by atoms with Crippen LogP contribution in [0.25, 0.3) is 0 Å². The van der Waals surface area contributed by atoms with E-state index >= 15 is 4.39 Å². The Morgan fingerprint density at radius 1 is 1.03 bits per heavy atom. The number of hydrogen-bond donors (Lipinski definition) is 2. The number of hydrogen-bond acceptors (Lipinski definition) is 5. The Balaban J connectivity index is 1.49. The summed E-state index contributed by atoms with van der Waals surface area (Å²) in [6, 6.07) is 12.2. The van der Waals surface area contributed by atoms with Gasteiger partial charge in [-0.1, -0.05) is 36.4 Å². The number of carbonyl (C=O) groups excluding carboxylic acids is 1. The topological polar surface area (TPSA) is 70.1 Å². The number of amides is 1. The van der Waals surface area contributed by atoms with Crippen molar-refractivity contribution in [2.75, 3.05) is 23.8 Å². The number of piperidine rings is 1. The summed E-state index contributed by atoms with van der Waals surface area (Å²) in [6.45, 7) is 0.849. The number of nitrogens with one attached hydrogen (secondary N) is 2. The largest absolute Gasteiger partial charge is 0.416 e. The predicted octanol–water partition coefficient (Wildman–Crippen LogP) is 5.27. The SMILES string of the molecule is CNC(=O)Cc1ccc(CNc2ncnc(N3CCCCC3c3ccc(C(F)(F)F)cc3)c2F)cc1. The van der Waals surface area contributed by atoms with Crippen molar-refractivity contribution in [2.45, 2.75) is 44.4 Å². The van der Waals surface area contributed by atoms with Gasteiger partial charge in [0, 0.05) is 20.1 Å². The van der Waals surface area contributed by atoms with E-state index in [1.54, 1.807) is 7.05 Å². The molecular formula is C26H27F4N5O. The van der Waals surface area contributed by atoms with Gasteiger partial charge in [-0.05, 0) is 48.1 Å². The van der Waals surface area contributed by atoms with Crippen molar-refractivity contribution in [2.24, 2.45) is 0 Å². The van der Waals surface area contributed by atoms with Gasteiger partial charge in [0.2, 0.25) is 11.7 Å². The Morgan fingerprint density at radius 3 is 2.39 bits per heavy atom. The van der Waals surface area contributed by atoms with Gasteiger partial charge < -0.3 is 15.5 Å². The smallest absolute Gasteiger partial charge is 0.363 e. The third-order valence-corrected chi connectivity index (χ3v) is 6.30. The molecular weight excluding hydrogens is 474 g/mol. The lowest BCUT2D eigenvalue weighted by Gasteiger charge is -2.37. The highest BCUT2D eigenvalue weighted by Crippen LogP contribution is 2.37. The second-order valence-electron chi connectivity index (χ2n) is 8.70. The van der Waals surface area contributed by atoms with Crippen LogP contribution in [0.15, 0.2) is 54.9 Å². The number of carbonyl (C=O) groups is 1. The lowest BCUT2D eigenvalue weighted by atomic mass is 9.94. The molecule has 0 spiro atoms. The molecule has 1 saturated heterocycles. The van der Waals surface area contributed by atoms with E-state index in [0.717, 1.165) is 36.1 Å². The molecule has 0 radical (unpaired) electrons. The molecule has 36 heavy (non-hydrogen) atoms. The maximum atomic E-state index is 15.5. The third-order valence-electron chi connectivity index (χ3n) is 6.30. The first-order chi connectivity index (χ1) is 17.3. The zero-order valence-corrected chi connectivity index (χ0v) is 19.8. The predicted molar refractivity (Wildman–Crippen MR) is 129 cm³/mol. The Morgan fingerprint density at radius 2 is 1.72 bits per heavy atom. The highest BCUT2D eigenvalue weighted by molar-refractivity contribution is 5.78. The van der Waals surface area contributed by atoms with Crippen LogP contribution in [0, 0.1) is 5.82 Å². The first kappa shape index (κ1) is 25.4. The average Bonchev–Trinajstić information content (AvgIpc) is 2.88. The third kappa shape index (κ3) is 5.92. The molecule has 1 atom stereocenters. The highest BCUT2D eigenvalue weighted by Gasteiger charge is 2.32. The van der Waals surface area contributed by atoms with Crippen molar-refractivity contribution in [3.63, 3.8) is 0 Å². The number of alkyl halides is 3. The molecule has 0 bridgehead atoms. The van der Waals surface area contributed by atoms with Crippen LogP contribution >= 0.6 is 0 Å². The van der Waals surface area contributed by atoms with Crippen LogP contribution < -0.4 is 15.5 Å². The van der Waals surface area contributed by atoms with Gasteiger partial charge in [-0.3, -0.25) is 4.79 Å². The van der Waals surface area contributed by atoms with Gasteiger partial charge in [0.15, 0.2) is 11.6 Å². The molecule has 2 heterocycles. The highest BCUT2D eigenvalue weighted by atomic mass is 19.4. The minimum absolute atomic E-state index is 0.0474. The van der Waals surface area contributed by atoms with E-state index in [2.05, 4.69) is 20.6 Å². The Bertz CT molecular complexity index is 1180. The average molecular weight is 502 g/mol. The number of halogens is 4. The normalized spacial score (nSPS) is 16.0. The minimum atomic E-state index is -4.41. The Hall–Kier alpha value is -3.69. The monoisotopic (exact) mass is 501 g/mol. The number of anilines is 2. The fourth-order valence-electron chi connectivity index (χ4n) is 4.34. The first-order valence-corrected chi connectivity index (χ1v) is 11.7. The summed E-state index contributed by atoms with van der Waals surface area (Å²) in [4.78, 5) is 21.6. The van der Waals surface area contributed by atoms with Crippen LogP contribution in [0.5, 0.6) is 0 Å². The summed E-state index contributed by atoms with van der Waals surface area (Å²) < 4.78 is 54.4. The van der Waals surface area contributed by atoms with Gasteiger partial charge >= 0.3 is 6.18 Å². The number of likely N-dealkylation sites (N-methyl/N-ethyl adjacent to an activating group) is 1. The van der Waals surface area contributed by atoms with E-state index in [1.807, 2.05) is 29.2 Å². The van der Waals surface area contributed by atoms with E-state index in [0.29, 0.717) is 25.1 Å². The molecule has 1 aliphatic heterocycles. The van der Waals surface area contributed by atoms with Crippen molar-refractivity contribution >= 4 is 17.5 Å². The summed E-state index contributed by atoms with van der Waals surface area (Å²) >= 11 is 0. The molecule has 1 amide bonds. The Labute approximate surface area is 206 Å². The van der Waals surface area contributed by atoms with Gasteiger partial charge in [0.25, 0.3) is 0 Å². The maximum Gasteiger partial charge on any atom is 0.416 e.